The van der Waals surface area contributed by atoms with Gasteiger partial charge in [0.05, 0.1) is 15.8 Å². The molecule has 0 aliphatic rings. The van der Waals surface area contributed by atoms with Crippen molar-refractivity contribution in [3.63, 3.8) is 0 Å². The van der Waals surface area contributed by atoms with Gasteiger partial charge in [0.2, 0.25) is 0 Å². The lowest BCUT2D eigenvalue weighted by atomic mass is 9.86. The highest BCUT2D eigenvalue weighted by Crippen LogP contribution is 2.29. The van der Waals surface area contributed by atoms with Gasteiger partial charge < -0.3 is 0 Å². The summed E-state index contributed by atoms with van der Waals surface area (Å²) in [5, 5.41) is 5.15. The van der Waals surface area contributed by atoms with Crippen LogP contribution in [0.2, 0.25) is 15.2 Å². The molecule has 6 heteroatoms. The molecule has 1 N–H and O–H groups in total. The molecule has 23 heavy (non-hydrogen) atoms. The molecule has 0 atom stereocenters. The zero-order chi connectivity index (χ0) is 17.2. The highest BCUT2D eigenvalue weighted by molar-refractivity contribution is 6.42. The van der Waals surface area contributed by atoms with Crippen LogP contribution in [0.15, 0.2) is 35.4 Å². The molecule has 0 unspecified atom stereocenters. The van der Waals surface area contributed by atoms with Gasteiger partial charge in [-0.2, -0.15) is 5.10 Å². The Morgan fingerprint density at radius 3 is 2.22 bits per heavy atom. The van der Waals surface area contributed by atoms with Crippen LogP contribution in [0.4, 0.5) is 5.82 Å². The van der Waals surface area contributed by atoms with E-state index in [4.69, 9.17) is 34.8 Å². The molecule has 0 saturated carbocycles. The SMILES string of the molecule is CC(=NNc1nc(Cl)c(Cl)cc1Cl)c1ccc(C(C)(C)C)cc1. The van der Waals surface area contributed by atoms with E-state index in [1.54, 1.807) is 0 Å². The van der Waals surface area contributed by atoms with Crippen LogP contribution in [-0.2, 0) is 5.41 Å². The maximum atomic E-state index is 6.06. The molecule has 2 aromatic rings. The Balaban J connectivity index is 2.19. The maximum Gasteiger partial charge on any atom is 0.166 e. The number of hydrazone groups is 1. The summed E-state index contributed by atoms with van der Waals surface area (Å²) < 4.78 is 0. The van der Waals surface area contributed by atoms with Crippen molar-refractivity contribution in [2.24, 2.45) is 5.10 Å². The molecule has 1 heterocycles. The van der Waals surface area contributed by atoms with E-state index in [1.165, 1.54) is 11.6 Å². The number of hydrogen-bond donors (Lipinski definition) is 1. The van der Waals surface area contributed by atoms with Crippen molar-refractivity contribution in [1.29, 1.82) is 0 Å². The average molecular weight is 371 g/mol. The average Bonchev–Trinajstić information content (AvgIpc) is 2.48. The predicted molar refractivity (Wildman–Crippen MR) is 100 cm³/mol. The van der Waals surface area contributed by atoms with Crippen molar-refractivity contribution in [2.75, 3.05) is 5.43 Å². The lowest BCUT2D eigenvalue weighted by Crippen LogP contribution is -2.11. The van der Waals surface area contributed by atoms with Crippen molar-refractivity contribution < 1.29 is 0 Å². The lowest BCUT2D eigenvalue weighted by molar-refractivity contribution is 0.590. The monoisotopic (exact) mass is 369 g/mol. The maximum absolute atomic E-state index is 6.06. The largest absolute Gasteiger partial charge is 0.260 e. The van der Waals surface area contributed by atoms with Crippen LogP contribution in [0, 0.1) is 0 Å². The summed E-state index contributed by atoms with van der Waals surface area (Å²) in [6, 6.07) is 9.84. The second-order valence-electron chi connectivity index (χ2n) is 6.23. The summed E-state index contributed by atoms with van der Waals surface area (Å²) >= 11 is 17.8. The number of nitrogens with zero attached hydrogens (tertiary/aromatic N) is 2. The third-order valence-electron chi connectivity index (χ3n) is 3.38. The smallest absolute Gasteiger partial charge is 0.166 e. The van der Waals surface area contributed by atoms with Gasteiger partial charge in [-0.1, -0.05) is 79.8 Å². The molecule has 0 amide bonds. The van der Waals surface area contributed by atoms with Crippen molar-refractivity contribution in [2.45, 2.75) is 33.1 Å². The van der Waals surface area contributed by atoms with Gasteiger partial charge in [-0.25, -0.2) is 4.98 Å². The quantitative estimate of drug-likeness (QED) is 0.398. The normalized spacial score (nSPS) is 12.4. The first kappa shape index (κ1) is 18.1. The molecule has 0 saturated heterocycles. The van der Waals surface area contributed by atoms with Gasteiger partial charge in [-0.05, 0) is 29.5 Å². The summed E-state index contributed by atoms with van der Waals surface area (Å²) in [6.45, 7) is 8.46. The molecule has 0 fully saturated rings. The molecule has 0 aliphatic heterocycles. The number of aromatic nitrogens is 1. The van der Waals surface area contributed by atoms with Crippen LogP contribution in [0.25, 0.3) is 0 Å². The Bertz CT molecular complexity index is 732. The molecule has 1 aromatic heterocycles. The fourth-order valence-electron chi connectivity index (χ4n) is 1.94. The highest BCUT2D eigenvalue weighted by atomic mass is 35.5. The Kier molecular flexibility index (Phi) is 5.56. The highest BCUT2D eigenvalue weighted by Gasteiger charge is 2.13. The van der Waals surface area contributed by atoms with Gasteiger partial charge in [-0.15, -0.1) is 0 Å². The van der Waals surface area contributed by atoms with E-state index in [-0.39, 0.29) is 10.6 Å². The molecule has 1 aromatic carbocycles. The van der Waals surface area contributed by atoms with Crippen LogP contribution in [-0.4, -0.2) is 10.7 Å². The molecule has 122 valence electrons. The zero-order valence-electron chi connectivity index (χ0n) is 13.4. The van der Waals surface area contributed by atoms with Crippen LogP contribution in [0.1, 0.15) is 38.8 Å². The molecule has 0 spiro atoms. The zero-order valence-corrected chi connectivity index (χ0v) is 15.7. The summed E-state index contributed by atoms with van der Waals surface area (Å²) in [4.78, 5) is 4.07. The van der Waals surface area contributed by atoms with Gasteiger partial charge in [0, 0.05) is 0 Å². The van der Waals surface area contributed by atoms with Crippen molar-refractivity contribution >= 4 is 46.3 Å². The molecule has 0 radical (unpaired) electrons. The van der Waals surface area contributed by atoms with Gasteiger partial charge in [-0.3, -0.25) is 5.43 Å². The van der Waals surface area contributed by atoms with E-state index in [2.05, 4.69) is 48.4 Å². The summed E-state index contributed by atoms with van der Waals surface area (Å²) in [6.07, 6.45) is 0. The molecular weight excluding hydrogens is 353 g/mol. The van der Waals surface area contributed by atoms with E-state index in [1.807, 2.05) is 19.1 Å². The van der Waals surface area contributed by atoms with Crippen molar-refractivity contribution in [1.82, 2.24) is 4.98 Å². The second-order valence-corrected chi connectivity index (χ2v) is 7.40. The minimum absolute atomic E-state index is 0.124. The van der Waals surface area contributed by atoms with E-state index in [9.17, 15) is 0 Å². The number of benzene rings is 1. The Morgan fingerprint density at radius 1 is 1.04 bits per heavy atom. The minimum Gasteiger partial charge on any atom is -0.260 e. The molecule has 0 bridgehead atoms. The number of halogens is 3. The van der Waals surface area contributed by atoms with Gasteiger partial charge in [0.1, 0.15) is 5.15 Å². The minimum atomic E-state index is 0.124. The van der Waals surface area contributed by atoms with Gasteiger partial charge in [0.15, 0.2) is 5.82 Å². The fraction of sp³-hybridized carbons (Fsp3) is 0.294. The molecule has 3 nitrogen and oxygen atoms in total. The van der Waals surface area contributed by atoms with Crippen LogP contribution >= 0.6 is 34.8 Å². The fourth-order valence-corrected chi connectivity index (χ4v) is 2.48. The number of rotatable bonds is 3. The van der Waals surface area contributed by atoms with Crippen molar-refractivity contribution in [3.05, 3.63) is 56.7 Å². The lowest BCUT2D eigenvalue weighted by Gasteiger charge is -2.19. The second kappa shape index (κ2) is 7.08. The number of pyridine rings is 1. The number of hydrogen-bond acceptors (Lipinski definition) is 3. The topological polar surface area (TPSA) is 37.3 Å². The van der Waals surface area contributed by atoms with E-state index >= 15 is 0 Å². The van der Waals surface area contributed by atoms with Crippen molar-refractivity contribution in [3.8, 4) is 0 Å². The van der Waals surface area contributed by atoms with Crippen LogP contribution in [0.3, 0.4) is 0 Å². The first-order chi connectivity index (χ1) is 10.7. The van der Waals surface area contributed by atoms with Gasteiger partial charge in [0.25, 0.3) is 0 Å². The van der Waals surface area contributed by atoms with E-state index < -0.39 is 0 Å². The van der Waals surface area contributed by atoms with Crippen LogP contribution in [0.5, 0.6) is 0 Å². The predicted octanol–water partition coefficient (Wildman–Crippen LogP) is 6.18. The molecule has 0 aliphatic carbocycles. The summed E-state index contributed by atoms with van der Waals surface area (Å²) in [5.74, 6) is 0.367. The first-order valence-corrected chi connectivity index (χ1v) is 8.24. The number of nitrogens with one attached hydrogen (secondary N) is 1. The molecular formula is C17H18Cl3N3. The third-order valence-corrected chi connectivity index (χ3v) is 4.35. The number of anilines is 1. The summed E-state index contributed by atoms with van der Waals surface area (Å²) in [5.41, 5.74) is 6.05. The van der Waals surface area contributed by atoms with E-state index in [0.717, 1.165) is 11.3 Å². The van der Waals surface area contributed by atoms with Crippen LogP contribution < -0.4 is 5.43 Å². The van der Waals surface area contributed by atoms with E-state index in [0.29, 0.717) is 15.9 Å². The Hall–Kier alpha value is -1.29. The molecule has 2 rings (SSSR count). The first-order valence-electron chi connectivity index (χ1n) is 7.11. The Labute approximate surface area is 151 Å². The third kappa shape index (κ3) is 4.60. The Morgan fingerprint density at radius 2 is 1.65 bits per heavy atom. The standard InChI is InChI=1S/C17H18Cl3N3/c1-10(11-5-7-12(8-6-11)17(2,3)4)22-23-16-14(19)9-13(18)15(20)21-16/h5-9H,1-4H3,(H,21,23). The van der Waals surface area contributed by atoms with Gasteiger partial charge >= 0.3 is 0 Å². The summed E-state index contributed by atoms with van der Waals surface area (Å²) in [7, 11) is 0.